The lowest BCUT2D eigenvalue weighted by Crippen LogP contribution is -2.32. The minimum atomic E-state index is -0.269. The van der Waals surface area contributed by atoms with Gasteiger partial charge < -0.3 is 5.32 Å². The highest BCUT2D eigenvalue weighted by molar-refractivity contribution is 7.10. The topological polar surface area (TPSA) is 66.5 Å². The number of nitrogens with zero attached hydrogens (tertiary/aromatic N) is 1. The Morgan fingerprint density at radius 1 is 1.12 bits per heavy atom. The van der Waals surface area contributed by atoms with Crippen LogP contribution in [-0.2, 0) is 11.3 Å². The molecule has 1 aromatic heterocycles. The van der Waals surface area contributed by atoms with Gasteiger partial charge in [0.25, 0.3) is 11.8 Å². The maximum absolute atomic E-state index is 12.4. The van der Waals surface area contributed by atoms with Crippen molar-refractivity contribution in [3.05, 3.63) is 56.8 Å². The van der Waals surface area contributed by atoms with Gasteiger partial charge in [0.15, 0.2) is 0 Å². The van der Waals surface area contributed by atoms with Gasteiger partial charge in [0.2, 0.25) is 5.91 Å². The number of hydrogen-bond acceptors (Lipinski definition) is 4. The fourth-order valence-corrected chi connectivity index (χ4v) is 3.70. The van der Waals surface area contributed by atoms with Gasteiger partial charge in [-0.05, 0) is 49.4 Å². The van der Waals surface area contributed by atoms with Crippen LogP contribution in [0.1, 0.15) is 49.6 Å². The largest absolute Gasteiger partial charge is 0.351 e. The first kappa shape index (κ1) is 17.4. The van der Waals surface area contributed by atoms with Gasteiger partial charge in [0.1, 0.15) is 0 Å². The molecule has 2 aromatic rings. The van der Waals surface area contributed by atoms with Gasteiger partial charge in [-0.3, -0.25) is 19.3 Å². The van der Waals surface area contributed by atoms with E-state index in [0.717, 1.165) is 10.4 Å². The summed E-state index contributed by atoms with van der Waals surface area (Å²) in [5.74, 6) is -0.604. The fraction of sp³-hybridized carbons (Fsp3) is 0.316. The number of amides is 3. The zero-order chi connectivity index (χ0) is 18.0. The number of imide groups is 1. The fourth-order valence-electron chi connectivity index (χ4n) is 2.86. The predicted octanol–water partition coefficient (Wildman–Crippen LogP) is 3.06. The second kappa shape index (κ2) is 7.19. The highest BCUT2D eigenvalue weighted by Gasteiger charge is 2.34. The summed E-state index contributed by atoms with van der Waals surface area (Å²) in [6.45, 7) is 4.69. The van der Waals surface area contributed by atoms with Gasteiger partial charge >= 0.3 is 0 Å². The van der Waals surface area contributed by atoms with Gasteiger partial charge in [0.05, 0.1) is 17.7 Å². The molecule has 0 fully saturated rings. The first-order valence-corrected chi connectivity index (χ1v) is 9.12. The summed E-state index contributed by atoms with van der Waals surface area (Å²) in [5, 5.41) is 4.88. The van der Waals surface area contributed by atoms with E-state index in [1.54, 1.807) is 23.5 Å². The zero-order valence-electron chi connectivity index (χ0n) is 14.3. The van der Waals surface area contributed by atoms with Crippen molar-refractivity contribution >= 4 is 29.1 Å². The molecule has 1 N–H and O–H groups in total. The molecule has 0 unspecified atom stereocenters. The minimum absolute atomic E-state index is 0.0692. The molecule has 0 saturated heterocycles. The lowest BCUT2D eigenvalue weighted by molar-refractivity contribution is -0.121. The number of fused-ring (bicyclic) bond motifs is 1. The van der Waals surface area contributed by atoms with Gasteiger partial charge in [-0.2, -0.15) is 0 Å². The van der Waals surface area contributed by atoms with Crippen molar-refractivity contribution in [2.75, 3.05) is 6.54 Å². The Balaban J connectivity index is 1.49. The maximum Gasteiger partial charge on any atom is 0.261 e. The molecule has 0 aliphatic carbocycles. The third kappa shape index (κ3) is 3.64. The van der Waals surface area contributed by atoms with Crippen molar-refractivity contribution in [1.29, 1.82) is 0 Å². The van der Waals surface area contributed by atoms with Gasteiger partial charge in [-0.25, -0.2) is 0 Å². The standard InChI is InChI=1S/C19H20N2O3S/c1-12-5-6-14-15(10-12)19(24)21(18(14)23)8-3-4-17(22)20-11-16-13(2)7-9-25-16/h5-7,9-10H,3-4,8,11H2,1-2H3,(H,20,22). The summed E-state index contributed by atoms with van der Waals surface area (Å²) in [6.07, 6.45) is 0.747. The van der Waals surface area contributed by atoms with E-state index < -0.39 is 0 Å². The molecule has 0 radical (unpaired) electrons. The van der Waals surface area contributed by atoms with Crippen LogP contribution in [0.3, 0.4) is 0 Å². The van der Waals surface area contributed by atoms with E-state index in [4.69, 9.17) is 0 Å². The van der Waals surface area contributed by atoms with Crippen LogP contribution in [0, 0.1) is 13.8 Å². The Kier molecular flexibility index (Phi) is 4.99. The highest BCUT2D eigenvalue weighted by atomic mass is 32.1. The maximum atomic E-state index is 12.4. The van der Waals surface area contributed by atoms with Crippen LogP contribution in [-0.4, -0.2) is 29.2 Å². The molecule has 0 spiro atoms. The number of benzene rings is 1. The Labute approximate surface area is 150 Å². The number of aryl methyl sites for hydroxylation is 2. The Morgan fingerprint density at radius 2 is 1.88 bits per heavy atom. The third-order valence-corrected chi connectivity index (χ3v) is 5.35. The van der Waals surface area contributed by atoms with E-state index in [9.17, 15) is 14.4 Å². The average molecular weight is 356 g/mol. The number of rotatable bonds is 6. The van der Waals surface area contributed by atoms with Crippen LogP contribution < -0.4 is 5.32 Å². The summed E-state index contributed by atoms with van der Waals surface area (Å²) in [7, 11) is 0. The van der Waals surface area contributed by atoms with Crippen molar-refractivity contribution in [2.24, 2.45) is 0 Å². The number of nitrogens with one attached hydrogen (secondary N) is 1. The predicted molar refractivity (Wildman–Crippen MR) is 96.7 cm³/mol. The summed E-state index contributed by atoms with van der Waals surface area (Å²) in [6, 6.07) is 7.29. The molecule has 1 aliphatic rings. The van der Waals surface area contributed by atoms with Crippen molar-refractivity contribution in [1.82, 2.24) is 10.2 Å². The number of carbonyl (C=O) groups excluding carboxylic acids is 3. The Morgan fingerprint density at radius 3 is 2.60 bits per heavy atom. The number of thiophene rings is 1. The molecule has 25 heavy (non-hydrogen) atoms. The van der Waals surface area contributed by atoms with Crippen molar-refractivity contribution in [2.45, 2.75) is 33.2 Å². The van der Waals surface area contributed by atoms with Crippen LogP contribution in [0.15, 0.2) is 29.6 Å². The van der Waals surface area contributed by atoms with E-state index in [2.05, 4.69) is 5.32 Å². The summed E-state index contributed by atoms with van der Waals surface area (Å²) < 4.78 is 0. The number of hydrogen-bond donors (Lipinski definition) is 1. The van der Waals surface area contributed by atoms with Crippen LogP contribution in [0.25, 0.3) is 0 Å². The summed E-state index contributed by atoms with van der Waals surface area (Å²) in [4.78, 5) is 39.0. The molecule has 1 aliphatic heterocycles. The molecule has 3 rings (SSSR count). The second-order valence-corrected chi connectivity index (χ2v) is 7.22. The van der Waals surface area contributed by atoms with E-state index in [-0.39, 0.29) is 30.7 Å². The van der Waals surface area contributed by atoms with E-state index in [1.807, 2.05) is 31.4 Å². The van der Waals surface area contributed by atoms with Crippen molar-refractivity contribution in [3.63, 3.8) is 0 Å². The molecular weight excluding hydrogens is 336 g/mol. The Hall–Kier alpha value is -2.47. The quantitative estimate of drug-likeness (QED) is 0.809. The molecule has 2 heterocycles. The smallest absolute Gasteiger partial charge is 0.261 e. The first-order chi connectivity index (χ1) is 12.0. The molecule has 0 bridgehead atoms. The lowest BCUT2D eigenvalue weighted by Gasteiger charge is -2.13. The number of carbonyl (C=O) groups is 3. The third-order valence-electron chi connectivity index (χ3n) is 4.33. The Bertz CT molecular complexity index is 841. The van der Waals surface area contributed by atoms with Crippen molar-refractivity contribution in [3.8, 4) is 0 Å². The molecule has 5 nitrogen and oxygen atoms in total. The first-order valence-electron chi connectivity index (χ1n) is 8.24. The highest BCUT2D eigenvalue weighted by Crippen LogP contribution is 2.24. The van der Waals surface area contributed by atoms with Gasteiger partial charge in [0, 0.05) is 17.8 Å². The van der Waals surface area contributed by atoms with Gasteiger partial charge in [-0.15, -0.1) is 11.3 Å². The normalized spacial score (nSPS) is 13.3. The zero-order valence-corrected chi connectivity index (χ0v) is 15.1. The monoisotopic (exact) mass is 356 g/mol. The van der Waals surface area contributed by atoms with Crippen LogP contribution in [0.2, 0.25) is 0 Å². The molecule has 3 amide bonds. The molecule has 6 heteroatoms. The summed E-state index contributed by atoms with van der Waals surface area (Å²) >= 11 is 1.62. The van der Waals surface area contributed by atoms with Crippen molar-refractivity contribution < 1.29 is 14.4 Å². The lowest BCUT2D eigenvalue weighted by atomic mass is 10.1. The average Bonchev–Trinajstić information content (AvgIpc) is 3.09. The van der Waals surface area contributed by atoms with E-state index in [1.165, 1.54) is 10.5 Å². The van der Waals surface area contributed by atoms with Gasteiger partial charge in [-0.1, -0.05) is 11.6 Å². The molecular formula is C19H20N2O3S. The van der Waals surface area contributed by atoms with E-state index in [0.29, 0.717) is 24.1 Å². The van der Waals surface area contributed by atoms with Crippen LogP contribution in [0.5, 0.6) is 0 Å². The SMILES string of the molecule is Cc1ccc2c(c1)C(=O)N(CCCC(=O)NCc1sccc1C)C2=O. The van der Waals surface area contributed by atoms with Crippen LogP contribution in [0.4, 0.5) is 0 Å². The van der Waals surface area contributed by atoms with Crippen LogP contribution >= 0.6 is 11.3 Å². The molecule has 0 atom stereocenters. The molecule has 0 saturated carbocycles. The molecule has 1 aromatic carbocycles. The van der Waals surface area contributed by atoms with E-state index >= 15 is 0 Å². The second-order valence-electron chi connectivity index (χ2n) is 6.22. The minimum Gasteiger partial charge on any atom is -0.351 e. The molecule has 130 valence electrons. The summed E-state index contributed by atoms with van der Waals surface area (Å²) in [5.41, 5.74) is 3.03.